The molecule has 12 aromatic carbocycles. The van der Waals surface area contributed by atoms with E-state index in [0.717, 1.165) is 60.4 Å². The van der Waals surface area contributed by atoms with Crippen molar-refractivity contribution in [1.82, 2.24) is 9.13 Å². The first-order valence-corrected chi connectivity index (χ1v) is 29.5. The van der Waals surface area contributed by atoms with Gasteiger partial charge in [0.05, 0.1) is 35.8 Å². The van der Waals surface area contributed by atoms with E-state index in [1.54, 1.807) is 30.3 Å². The largest absolute Gasteiger partial charge is 0.309 e. The lowest BCUT2D eigenvalue weighted by Crippen LogP contribution is -2.74. The van der Waals surface area contributed by atoms with Gasteiger partial charge in [-0.3, -0.25) is 0 Å². The zero-order valence-electron chi connectivity index (χ0n) is 51.1. The lowest BCUT2D eigenvalue weighted by Gasteiger charge is -2.35. The van der Waals surface area contributed by atoms with Crippen molar-refractivity contribution in [3.63, 3.8) is 0 Å². The van der Waals surface area contributed by atoms with E-state index in [-0.39, 0.29) is 10.4 Å². The van der Waals surface area contributed by atoms with Crippen LogP contribution in [0.4, 0.5) is 0 Å². The van der Waals surface area contributed by atoms with E-state index in [0.29, 0.717) is 16.1 Å². The highest BCUT2D eigenvalue weighted by Crippen LogP contribution is 2.37. The van der Waals surface area contributed by atoms with Crippen LogP contribution in [0.3, 0.4) is 0 Å². The molecule has 0 aliphatic carbocycles. The summed E-state index contributed by atoms with van der Waals surface area (Å²) in [5, 5.41) is 9.94. The molecule has 0 saturated carbocycles. The highest BCUT2D eigenvalue weighted by Gasteiger charge is 2.44. The minimum atomic E-state index is -4.57. The van der Waals surface area contributed by atoms with Crippen LogP contribution in [0.1, 0.15) is 13.7 Å². The summed E-state index contributed by atoms with van der Waals surface area (Å²) >= 11 is 0. The first-order valence-electron chi connectivity index (χ1n) is 30.5. The van der Waals surface area contributed by atoms with Crippen LogP contribution < -0.4 is 41.5 Å². The molecule has 14 rings (SSSR count). The van der Waals surface area contributed by atoms with Crippen LogP contribution in [0.15, 0.2) is 315 Å². The van der Waals surface area contributed by atoms with Gasteiger partial charge in [-0.1, -0.05) is 273 Å². The number of hydrogen-bond donors (Lipinski definition) is 0. The minimum Gasteiger partial charge on any atom is -0.309 e. The average Bonchev–Trinajstić information content (AvgIpc) is 1.09. The molecule has 0 radical (unpaired) electrons. The fraction of sp³-hybridized carbons (Fsp3) is 0. The number of aromatic nitrogens is 2. The molecule has 0 bridgehead atoms. The van der Waals surface area contributed by atoms with Crippen molar-refractivity contribution in [2.75, 3.05) is 0 Å². The van der Waals surface area contributed by atoms with Crippen LogP contribution in [0.25, 0.3) is 66.1 Å². The van der Waals surface area contributed by atoms with Crippen LogP contribution in [-0.4, -0.2) is 25.3 Å². The van der Waals surface area contributed by atoms with Gasteiger partial charge in [0.2, 0.25) is 0 Å². The summed E-state index contributed by atoms with van der Waals surface area (Å²) in [6.07, 6.45) is 0. The van der Waals surface area contributed by atoms with Crippen molar-refractivity contribution in [1.29, 1.82) is 0 Å². The molecule has 0 unspecified atom stereocenters. The van der Waals surface area contributed by atoms with Crippen LogP contribution in [-0.2, 0) is 0 Å². The fourth-order valence-corrected chi connectivity index (χ4v) is 21.3. The van der Waals surface area contributed by atoms with Gasteiger partial charge < -0.3 is 9.13 Å². The van der Waals surface area contributed by atoms with E-state index in [1.807, 2.05) is 42.5 Å². The normalized spacial score (nSPS) is 13.8. The van der Waals surface area contributed by atoms with E-state index in [1.165, 1.54) is 20.7 Å². The second-order valence-electron chi connectivity index (χ2n) is 19.2. The highest BCUT2D eigenvalue weighted by molar-refractivity contribution is 7.21. The Labute approximate surface area is 459 Å². The van der Waals surface area contributed by atoms with Gasteiger partial charge in [-0.2, -0.15) is 0 Å². The molecule has 0 fully saturated rings. The Kier molecular flexibility index (Phi) is 8.88. The second kappa shape index (κ2) is 18.9. The zero-order valence-corrected chi connectivity index (χ0v) is 43.1. The number of para-hydroxylation sites is 2. The summed E-state index contributed by atoms with van der Waals surface area (Å²) in [5.41, 5.74) is 7.66. The van der Waals surface area contributed by atoms with Crippen molar-refractivity contribution < 1.29 is 13.7 Å². The lowest BCUT2D eigenvalue weighted by atomic mass is 10.1. The van der Waals surface area contributed by atoms with Gasteiger partial charge in [0.15, 0.2) is 16.1 Å². The summed E-state index contributed by atoms with van der Waals surface area (Å²) < 4.78 is 96.8. The summed E-state index contributed by atoms with van der Waals surface area (Å²) in [6, 6.07) is 82.7. The predicted octanol–water partition coefficient (Wildman–Crippen LogP) is 12.3. The van der Waals surface area contributed by atoms with Crippen molar-refractivity contribution >= 4 is 101 Å². The first kappa shape index (κ1) is 35.8. The molecule has 2 nitrogen and oxygen atoms in total. The maximum atomic E-state index is 9.66. The Bertz CT molecular complexity index is 4830. The van der Waals surface area contributed by atoms with Gasteiger partial charge in [0.1, 0.15) is 0 Å². The summed E-state index contributed by atoms with van der Waals surface area (Å²) in [6.45, 7) is 0. The molecule has 0 amide bonds. The van der Waals surface area contributed by atoms with Crippen LogP contribution in [0.5, 0.6) is 0 Å². The second-order valence-corrected chi connectivity index (χ2v) is 26.6. The molecular weight excluding hydrogens is 949 g/mol. The Morgan fingerprint density at radius 3 is 1.32 bits per heavy atom. The third-order valence-corrected chi connectivity index (χ3v) is 24.5. The van der Waals surface area contributed by atoms with E-state index in [2.05, 4.69) is 191 Å². The maximum absolute atomic E-state index is 9.66. The molecule has 358 valence electrons. The molecule has 0 saturated heterocycles. The smallest absolute Gasteiger partial charge is 0.180 e. The third-order valence-electron chi connectivity index (χ3n) is 15.4. The highest BCUT2D eigenvalue weighted by atomic mass is 28.3. The van der Waals surface area contributed by atoms with Crippen LogP contribution in [0.2, 0.25) is 0 Å². The summed E-state index contributed by atoms with van der Waals surface area (Å²) in [7, 11) is -7.73. The quantitative estimate of drug-likeness (QED) is 0.0903. The van der Waals surface area contributed by atoms with Gasteiger partial charge in [0, 0.05) is 32.9 Å². The van der Waals surface area contributed by atoms with Gasteiger partial charge in [-0.25, -0.2) is 0 Å². The van der Waals surface area contributed by atoms with E-state index in [9.17, 15) is 5.48 Å². The zero-order chi connectivity index (χ0) is 59.2. The molecule has 0 atom stereocenters. The predicted molar refractivity (Wildman–Crippen MR) is 328 cm³/mol. The van der Waals surface area contributed by atoms with Crippen molar-refractivity contribution in [2.45, 2.75) is 0 Å². The van der Waals surface area contributed by atoms with Gasteiger partial charge in [-0.05, 0) is 95.1 Å². The summed E-state index contributed by atoms with van der Waals surface area (Å²) in [5.74, 6) is 0. The average molecular weight is 1010 g/mol. The Morgan fingerprint density at radius 1 is 0.263 bits per heavy atom. The van der Waals surface area contributed by atoms with E-state index in [4.69, 9.17) is 8.22 Å². The number of hydrogen-bond acceptors (Lipinski definition) is 0. The van der Waals surface area contributed by atoms with Crippen LogP contribution in [0, 0.1) is 0 Å². The molecule has 14 aromatic rings. The molecule has 0 N–H and O–H groups in total. The lowest BCUT2D eigenvalue weighted by molar-refractivity contribution is 1.16. The Balaban J connectivity index is 1.05. The summed E-state index contributed by atoms with van der Waals surface area (Å²) in [4.78, 5) is 0. The molecule has 4 heteroatoms. The first-order chi connectivity index (χ1) is 41.9. The van der Waals surface area contributed by atoms with E-state index < -0.39 is 76.6 Å². The number of fused-ring (bicyclic) bond motifs is 6. The topological polar surface area (TPSA) is 9.86 Å². The fourth-order valence-electron chi connectivity index (χ4n) is 12.2. The maximum Gasteiger partial charge on any atom is 0.180 e. The Hall–Kier alpha value is -9.33. The number of benzene rings is 12. The molecule has 0 aliphatic heterocycles. The molecular formula is C72H52N2Si2. The third kappa shape index (κ3) is 7.14. The van der Waals surface area contributed by atoms with Gasteiger partial charge >= 0.3 is 0 Å². The minimum absolute atomic E-state index is 0.114. The van der Waals surface area contributed by atoms with Crippen molar-refractivity contribution in [2.24, 2.45) is 0 Å². The van der Waals surface area contributed by atoms with Crippen LogP contribution >= 0.6 is 0 Å². The molecule has 76 heavy (non-hydrogen) atoms. The standard InChI is InChI=1S/C72H52N2Si2/c1-7-25-53(26-8-1)54-45-48-62(49-46-54)76(60-34-15-5-16-35-60,61-36-17-6-18-37-61)71-44-24-43-69-72(71)66-40-20-22-42-68(66)73(69)56-47-50-65-64-39-19-21-41-67(64)74(70(65)52-56)55-27-23-38-63(51-55)75(57-28-9-2-10-29-57,58-30-11-3-12-31-58)59-32-13-4-14-33-59/h1-52H/i2D,3D,9D,10D,11D,12D,28D,29D,30D,31D. The molecule has 0 aliphatic rings. The SMILES string of the molecule is [2H]c1c([2H])c([2H])c([Si](c2ccccc2)(c2cccc(-n3c4ccccc4c4ccc(-n5c6ccccc6c6c([Si](c7ccccc7)(c7ccccc7)c7ccc(-c8ccccc8)cc7)cccc65)cc43)c2)c2c([2H])c([2H])c([2H])c([2H])c2[2H])c([2H])c1[2H]. The molecule has 2 heterocycles. The van der Waals surface area contributed by atoms with Gasteiger partial charge in [-0.15, -0.1) is 0 Å². The number of rotatable bonds is 11. The van der Waals surface area contributed by atoms with Crippen molar-refractivity contribution in [3.05, 3.63) is 315 Å². The molecule has 2 aromatic heterocycles. The Morgan fingerprint density at radius 2 is 0.697 bits per heavy atom. The monoisotopic (exact) mass is 1010 g/mol. The van der Waals surface area contributed by atoms with Crippen molar-refractivity contribution in [3.8, 4) is 22.5 Å². The van der Waals surface area contributed by atoms with E-state index >= 15 is 0 Å². The van der Waals surface area contributed by atoms with Gasteiger partial charge in [0.25, 0.3) is 0 Å². The number of nitrogens with zero attached hydrogens (tertiary/aromatic N) is 2. The molecule has 0 spiro atoms.